The second-order valence-corrected chi connectivity index (χ2v) is 4.54. The van der Waals surface area contributed by atoms with Gasteiger partial charge < -0.3 is 5.11 Å². The number of aromatic nitrogens is 4. The average molecular weight is 268 g/mol. The molecule has 0 radical (unpaired) electrons. The molecule has 3 aromatic rings. The molecule has 6 nitrogen and oxygen atoms in total. The summed E-state index contributed by atoms with van der Waals surface area (Å²) in [6, 6.07) is 9.12. The zero-order chi connectivity index (χ0) is 14.3. The molecule has 0 spiro atoms. The molecule has 20 heavy (non-hydrogen) atoms. The smallest absolute Gasteiger partial charge is 0.339 e. The van der Waals surface area contributed by atoms with Crippen LogP contribution in [0.2, 0.25) is 0 Å². The molecule has 3 rings (SSSR count). The average Bonchev–Trinajstić information content (AvgIpc) is 2.80. The molecular formula is C14H12N4O2. The molecule has 100 valence electrons. The zero-order valence-corrected chi connectivity index (χ0v) is 11.0. The molecule has 1 aromatic carbocycles. The molecule has 2 aromatic heterocycles. The Morgan fingerprint density at radius 3 is 2.75 bits per heavy atom. The number of fused-ring (bicyclic) bond motifs is 1. The van der Waals surface area contributed by atoms with Crippen LogP contribution in [0.1, 0.15) is 21.7 Å². The number of benzene rings is 1. The molecule has 0 saturated carbocycles. The largest absolute Gasteiger partial charge is 0.478 e. The molecule has 0 amide bonds. The summed E-state index contributed by atoms with van der Waals surface area (Å²) in [6.45, 7) is 3.50. The number of hydrogen-bond donors (Lipinski definition) is 1. The van der Waals surface area contributed by atoms with Gasteiger partial charge in [-0.2, -0.15) is 0 Å². The van der Waals surface area contributed by atoms with E-state index in [1.54, 1.807) is 17.7 Å². The molecule has 0 fully saturated rings. The van der Waals surface area contributed by atoms with Crippen molar-refractivity contribution in [3.63, 3.8) is 0 Å². The third-order valence-corrected chi connectivity index (χ3v) is 3.10. The lowest BCUT2D eigenvalue weighted by atomic mass is 10.1. The minimum absolute atomic E-state index is 0.145. The molecule has 0 saturated heterocycles. The van der Waals surface area contributed by atoms with E-state index < -0.39 is 5.97 Å². The van der Waals surface area contributed by atoms with Gasteiger partial charge in [0.05, 0.1) is 16.9 Å². The van der Waals surface area contributed by atoms with Crippen LogP contribution in [0.25, 0.3) is 16.7 Å². The van der Waals surface area contributed by atoms with Gasteiger partial charge in [-0.15, -0.1) is 5.10 Å². The van der Waals surface area contributed by atoms with E-state index in [9.17, 15) is 9.90 Å². The number of aromatic carboxylic acids is 1. The molecule has 0 atom stereocenters. The minimum atomic E-state index is -1.02. The Balaban J connectivity index is 2.37. The quantitative estimate of drug-likeness (QED) is 0.770. The number of carboxylic acid groups (broad SMARTS) is 1. The lowest BCUT2D eigenvalue weighted by Crippen LogP contribution is -2.11. The normalized spacial score (nSPS) is 10.9. The topological polar surface area (TPSA) is 80.9 Å². The van der Waals surface area contributed by atoms with Crippen molar-refractivity contribution >= 4 is 17.0 Å². The van der Waals surface area contributed by atoms with Crippen LogP contribution in [-0.2, 0) is 0 Å². The van der Waals surface area contributed by atoms with Crippen molar-refractivity contribution < 1.29 is 9.90 Å². The summed E-state index contributed by atoms with van der Waals surface area (Å²) in [4.78, 5) is 15.7. The molecule has 1 N–H and O–H groups in total. The zero-order valence-electron chi connectivity index (χ0n) is 11.0. The van der Waals surface area contributed by atoms with Crippen LogP contribution in [0.5, 0.6) is 0 Å². The highest BCUT2D eigenvalue weighted by atomic mass is 16.4. The summed E-state index contributed by atoms with van der Waals surface area (Å²) in [7, 11) is 0. The molecule has 6 heteroatoms. The van der Waals surface area contributed by atoms with Gasteiger partial charge in [-0.3, -0.25) is 4.98 Å². The summed E-state index contributed by atoms with van der Waals surface area (Å²) in [5, 5.41) is 17.5. The van der Waals surface area contributed by atoms with Crippen LogP contribution in [0, 0.1) is 13.8 Å². The highest BCUT2D eigenvalue weighted by Gasteiger charge is 2.19. The Hall–Kier alpha value is -2.76. The first kappa shape index (κ1) is 12.3. The van der Waals surface area contributed by atoms with Crippen LogP contribution >= 0.6 is 0 Å². The molecule has 0 aliphatic heterocycles. The first-order valence-corrected chi connectivity index (χ1v) is 6.10. The van der Waals surface area contributed by atoms with E-state index in [4.69, 9.17) is 0 Å². The Morgan fingerprint density at radius 2 is 2.00 bits per heavy atom. The van der Waals surface area contributed by atoms with Crippen molar-refractivity contribution in [1.29, 1.82) is 0 Å². The number of hydrogen-bond acceptors (Lipinski definition) is 4. The molecule has 0 unspecified atom stereocenters. The predicted octanol–water partition coefficient (Wildman–Crippen LogP) is 2.13. The van der Waals surface area contributed by atoms with Crippen LogP contribution in [-0.4, -0.2) is 31.1 Å². The van der Waals surface area contributed by atoms with Gasteiger partial charge in [-0.1, -0.05) is 17.3 Å². The highest BCUT2D eigenvalue weighted by molar-refractivity contribution is 5.94. The maximum atomic E-state index is 11.5. The summed E-state index contributed by atoms with van der Waals surface area (Å²) in [5.41, 5.74) is 3.31. The number of carbonyl (C=O) groups is 1. The summed E-state index contributed by atoms with van der Waals surface area (Å²) >= 11 is 0. The van der Waals surface area contributed by atoms with Gasteiger partial charge in [0.2, 0.25) is 0 Å². The Labute approximate surface area is 114 Å². The maximum absolute atomic E-state index is 11.5. The van der Waals surface area contributed by atoms with E-state index in [1.807, 2.05) is 31.2 Å². The maximum Gasteiger partial charge on any atom is 0.339 e. The summed E-state index contributed by atoms with van der Waals surface area (Å²) < 4.78 is 1.54. The SMILES string of the molecule is Cc1cc(-n2nnc3ccccc32)c(C(=O)O)c(C)n1. The fourth-order valence-electron chi connectivity index (χ4n) is 2.29. The van der Waals surface area contributed by atoms with E-state index >= 15 is 0 Å². The minimum Gasteiger partial charge on any atom is -0.478 e. The van der Waals surface area contributed by atoms with Crippen molar-refractivity contribution in [3.8, 4) is 5.69 Å². The predicted molar refractivity (Wildman–Crippen MR) is 73.1 cm³/mol. The van der Waals surface area contributed by atoms with Gasteiger partial charge in [0.1, 0.15) is 11.1 Å². The number of carboxylic acids is 1. The van der Waals surface area contributed by atoms with Gasteiger partial charge in [-0.25, -0.2) is 9.48 Å². The van der Waals surface area contributed by atoms with Crippen molar-refractivity contribution in [3.05, 3.63) is 47.3 Å². The summed E-state index contributed by atoms with van der Waals surface area (Å²) in [6.07, 6.45) is 0. The number of para-hydroxylation sites is 1. The van der Waals surface area contributed by atoms with Crippen LogP contribution in [0.15, 0.2) is 30.3 Å². The Morgan fingerprint density at radius 1 is 1.25 bits per heavy atom. The standard InChI is InChI=1S/C14H12N4O2/c1-8-7-12(13(14(19)20)9(2)15-8)18-11-6-4-3-5-10(11)16-17-18/h3-7H,1-2H3,(H,19,20). The molecule has 0 aliphatic carbocycles. The van der Waals surface area contributed by atoms with Gasteiger partial charge >= 0.3 is 5.97 Å². The Bertz CT molecular complexity index is 823. The highest BCUT2D eigenvalue weighted by Crippen LogP contribution is 2.22. The molecule has 2 heterocycles. The molecular weight excluding hydrogens is 256 g/mol. The van der Waals surface area contributed by atoms with E-state index in [-0.39, 0.29) is 5.56 Å². The van der Waals surface area contributed by atoms with Gasteiger partial charge in [0, 0.05) is 5.69 Å². The first-order chi connectivity index (χ1) is 9.58. The van der Waals surface area contributed by atoms with E-state index in [0.29, 0.717) is 11.4 Å². The van der Waals surface area contributed by atoms with Gasteiger partial charge in [-0.05, 0) is 32.0 Å². The van der Waals surface area contributed by atoms with Gasteiger partial charge in [0.25, 0.3) is 0 Å². The van der Waals surface area contributed by atoms with Crippen LogP contribution in [0.3, 0.4) is 0 Å². The van der Waals surface area contributed by atoms with Crippen LogP contribution < -0.4 is 0 Å². The number of rotatable bonds is 2. The van der Waals surface area contributed by atoms with E-state index in [1.165, 1.54) is 0 Å². The van der Waals surface area contributed by atoms with Crippen molar-refractivity contribution in [1.82, 2.24) is 20.0 Å². The first-order valence-electron chi connectivity index (χ1n) is 6.10. The number of pyridine rings is 1. The lowest BCUT2D eigenvalue weighted by molar-refractivity contribution is 0.0695. The van der Waals surface area contributed by atoms with Crippen LogP contribution in [0.4, 0.5) is 0 Å². The van der Waals surface area contributed by atoms with Gasteiger partial charge in [0.15, 0.2) is 0 Å². The third-order valence-electron chi connectivity index (χ3n) is 3.10. The monoisotopic (exact) mass is 268 g/mol. The van der Waals surface area contributed by atoms with Crippen molar-refractivity contribution in [2.45, 2.75) is 13.8 Å². The number of nitrogens with zero attached hydrogens (tertiary/aromatic N) is 4. The van der Waals surface area contributed by atoms with Crippen molar-refractivity contribution in [2.75, 3.05) is 0 Å². The second kappa shape index (κ2) is 4.41. The second-order valence-electron chi connectivity index (χ2n) is 4.54. The van der Waals surface area contributed by atoms with E-state index in [0.717, 1.165) is 16.7 Å². The number of aryl methyl sites for hydroxylation is 2. The third kappa shape index (κ3) is 1.82. The van der Waals surface area contributed by atoms with E-state index in [2.05, 4.69) is 15.3 Å². The fraction of sp³-hybridized carbons (Fsp3) is 0.143. The van der Waals surface area contributed by atoms with Crippen molar-refractivity contribution in [2.24, 2.45) is 0 Å². The lowest BCUT2D eigenvalue weighted by Gasteiger charge is -2.10. The Kier molecular flexibility index (Phi) is 2.71. The molecule has 0 bridgehead atoms. The molecule has 0 aliphatic rings. The summed E-state index contributed by atoms with van der Waals surface area (Å²) in [5.74, 6) is -1.02. The fourth-order valence-corrected chi connectivity index (χ4v) is 2.29.